The Hall–Kier alpha value is -2.07. The van der Waals surface area contributed by atoms with Gasteiger partial charge in [-0.3, -0.25) is 4.98 Å². The highest BCUT2D eigenvalue weighted by Gasteiger charge is 2.13. The van der Waals surface area contributed by atoms with Crippen LogP contribution in [0.4, 0.5) is 5.69 Å². The van der Waals surface area contributed by atoms with E-state index in [-0.39, 0.29) is 17.9 Å². The molecule has 4 nitrogen and oxygen atoms in total. The molecular formula is C13H11ClN2O2. The van der Waals surface area contributed by atoms with Crippen LogP contribution in [0.15, 0.2) is 42.7 Å². The molecular weight excluding hydrogens is 252 g/mol. The number of para-hydroxylation sites is 1. The quantitative estimate of drug-likeness (QED) is 0.682. The molecule has 0 radical (unpaired) electrons. The first-order chi connectivity index (χ1) is 8.68. The summed E-state index contributed by atoms with van der Waals surface area (Å²) < 4.78 is 5.14. The Kier molecular flexibility index (Phi) is 3.79. The van der Waals surface area contributed by atoms with Gasteiger partial charge in [-0.05, 0) is 29.8 Å². The van der Waals surface area contributed by atoms with Gasteiger partial charge >= 0.3 is 5.97 Å². The average molecular weight is 263 g/mol. The number of esters is 1. The van der Waals surface area contributed by atoms with Crippen molar-refractivity contribution in [3.05, 3.63) is 58.9 Å². The summed E-state index contributed by atoms with van der Waals surface area (Å²) in [5.74, 6) is -0.494. The maximum Gasteiger partial charge on any atom is 0.340 e. The molecule has 2 N–H and O–H groups in total. The molecule has 1 aromatic carbocycles. The van der Waals surface area contributed by atoms with Crippen molar-refractivity contribution in [3.8, 4) is 0 Å². The molecule has 2 rings (SSSR count). The summed E-state index contributed by atoms with van der Waals surface area (Å²) in [4.78, 5) is 15.7. The van der Waals surface area contributed by atoms with Crippen LogP contribution in [-0.2, 0) is 11.3 Å². The number of ether oxygens (including phenoxy) is 1. The molecule has 92 valence electrons. The maximum atomic E-state index is 11.8. The first-order valence-corrected chi connectivity index (χ1v) is 5.66. The fourth-order valence-corrected chi connectivity index (χ4v) is 1.60. The third kappa shape index (κ3) is 2.78. The fourth-order valence-electron chi connectivity index (χ4n) is 1.42. The van der Waals surface area contributed by atoms with Gasteiger partial charge in [0.25, 0.3) is 0 Å². The van der Waals surface area contributed by atoms with Crippen LogP contribution < -0.4 is 5.73 Å². The molecule has 0 amide bonds. The van der Waals surface area contributed by atoms with E-state index in [1.54, 1.807) is 42.7 Å². The van der Waals surface area contributed by atoms with Crippen LogP contribution in [0.1, 0.15) is 15.9 Å². The molecule has 0 saturated carbocycles. The highest BCUT2D eigenvalue weighted by atomic mass is 35.5. The number of nitrogen functional groups attached to an aromatic ring is 1. The molecule has 5 heteroatoms. The van der Waals surface area contributed by atoms with Crippen molar-refractivity contribution in [2.45, 2.75) is 6.61 Å². The Morgan fingerprint density at radius 3 is 2.72 bits per heavy atom. The number of halogens is 1. The van der Waals surface area contributed by atoms with Crippen molar-refractivity contribution in [1.29, 1.82) is 0 Å². The molecule has 0 aliphatic carbocycles. The summed E-state index contributed by atoms with van der Waals surface area (Å²) in [7, 11) is 0. The van der Waals surface area contributed by atoms with Crippen LogP contribution in [0.5, 0.6) is 0 Å². The Labute approximate surface area is 109 Å². The predicted molar refractivity (Wildman–Crippen MR) is 69.2 cm³/mol. The molecule has 0 atom stereocenters. The number of pyridine rings is 1. The van der Waals surface area contributed by atoms with Gasteiger partial charge in [-0.2, -0.15) is 0 Å². The standard InChI is InChI=1S/C13H11ClN2O2/c14-11-3-1-2-10(12(11)15)13(17)18-8-9-4-6-16-7-5-9/h1-7H,8,15H2. The smallest absolute Gasteiger partial charge is 0.340 e. The Morgan fingerprint density at radius 1 is 1.28 bits per heavy atom. The molecule has 0 bridgehead atoms. The van der Waals surface area contributed by atoms with Crippen molar-refractivity contribution in [3.63, 3.8) is 0 Å². The van der Waals surface area contributed by atoms with Gasteiger partial charge in [0, 0.05) is 12.4 Å². The minimum atomic E-state index is -0.494. The first-order valence-electron chi connectivity index (χ1n) is 5.28. The Bertz CT molecular complexity index is 558. The topological polar surface area (TPSA) is 65.2 Å². The van der Waals surface area contributed by atoms with Gasteiger partial charge in [0.15, 0.2) is 0 Å². The Balaban J connectivity index is 2.07. The van der Waals surface area contributed by atoms with Gasteiger partial charge in [-0.15, -0.1) is 0 Å². The highest BCUT2D eigenvalue weighted by Crippen LogP contribution is 2.23. The van der Waals surface area contributed by atoms with Crippen LogP contribution in [0.25, 0.3) is 0 Å². The lowest BCUT2D eigenvalue weighted by Crippen LogP contribution is -2.08. The third-order valence-electron chi connectivity index (χ3n) is 2.39. The molecule has 0 spiro atoms. The van der Waals surface area contributed by atoms with Crippen LogP contribution >= 0.6 is 11.6 Å². The van der Waals surface area contributed by atoms with E-state index < -0.39 is 5.97 Å². The third-order valence-corrected chi connectivity index (χ3v) is 2.72. The lowest BCUT2D eigenvalue weighted by Gasteiger charge is -2.07. The lowest BCUT2D eigenvalue weighted by molar-refractivity contribution is 0.0474. The van der Waals surface area contributed by atoms with E-state index in [2.05, 4.69) is 4.98 Å². The first kappa shape index (κ1) is 12.4. The van der Waals surface area contributed by atoms with Crippen LogP contribution in [0.3, 0.4) is 0 Å². The number of rotatable bonds is 3. The number of benzene rings is 1. The minimum Gasteiger partial charge on any atom is -0.457 e. The zero-order valence-electron chi connectivity index (χ0n) is 9.47. The maximum absolute atomic E-state index is 11.8. The molecule has 1 aromatic heterocycles. The number of hydrogen-bond acceptors (Lipinski definition) is 4. The van der Waals surface area contributed by atoms with Gasteiger partial charge in [-0.25, -0.2) is 4.79 Å². The minimum absolute atomic E-state index is 0.174. The van der Waals surface area contributed by atoms with Crippen molar-refractivity contribution in [1.82, 2.24) is 4.98 Å². The zero-order valence-corrected chi connectivity index (χ0v) is 10.2. The van der Waals surface area contributed by atoms with Crippen molar-refractivity contribution in [2.75, 3.05) is 5.73 Å². The van der Waals surface area contributed by atoms with Crippen molar-refractivity contribution in [2.24, 2.45) is 0 Å². The SMILES string of the molecule is Nc1c(Cl)cccc1C(=O)OCc1ccncc1. The summed E-state index contributed by atoms with van der Waals surface area (Å²) in [6.45, 7) is 0.174. The van der Waals surface area contributed by atoms with E-state index in [4.69, 9.17) is 22.1 Å². The molecule has 1 heterocycles. The molecule has 2 aromatic rings. The fraction of sp³-hybridized carbons (Fsp3) is 0.0769. The highest BCUT2D eigenvalue weighted by molar-refractivity contribution is 6.33. The number of nitrogens with two attached hydrogens (primary N) is 1. The number of anilines is 1. The monoisotopic (exact) mass is 262 g/mol. The summed E-state index contributed by atoms with van der Waals surface area (Å²) in [5.41, 5.74) is 7.08. The van der Waals surface area contributed by atoms with E-state index in [0.717, 1.165) is 5.56 Å². The molecule has 0 saturated heterocycles. The Morgan fingerprint density at radius 2 is 2.00 bits per heavy atom. The second-order valence-electron chi connectivity index (χ2n) is 3.63. The number of hydrogen-bond donors (Lipinski definition) is 1. The van der Waals surface area contributed by atoms with Gasteiger partial charge in [0.2, 0.25) is 0 Å². The van der Waals surface area contributed by atoms with Crippen LogP contribution in [0.2, 0.25) is 5.02 Å². The summed E-state index contributed by atoms with van der Waals surface area (Å²) >= 11 is 5.83. The number of carbonyl (C=O) groups is 1. The van der Waals surface area contributed by atoms with Gasteiger partial charge < -0.3 is 10.5 Å². The largest absolute Gasteiger partial charge is 0.457 e. The van der Waals surface area contributed by atoms with E-state index in [1.807, 2.05) is 0 Å². The lowest BCUT2D eigenvalue weighted by atomic mass is 10.2. The molecule has 0 aliphatic rings. The van der Waals surface area contributed by atoms with E-state index in [9.17, 15) is 4.79 Å². The van der Waals surface area contributed by atoms with E-state index >= 15 is 0 Å². The molecule has 0 fully saturated rings. The zero-order chi connectivity index (χ0) is 13.0. The molecule has 0 aliphatic heterocycles. The number of aromatic nitrogens is 1. The second-order valence-corrected chi connectivity index (χ2v) is 4.04. The number of nitrogens with zero attached hydrogens (tertiary/aromatic N) is 1. The van der Waals surface area contributed by atoms with Crippen LogP contribution in [-0.4, -0.2) is 11.0 Å². The van der Waals surface area contributed by atoms with Crippen molar-refractivity contribution >= 4 is 23.3 Å². The van der Waals surface area contributed by atoms with E-state index in [0.29, 0.717) is 5.02 Å². The van der Waals surface area contributed by atoms with Gasteiger partial charge in [0.1, 0.15) is 6.61 Å². The number of carbonyl (C=O) groups excluding carboxylic acids is 1. The van der Waals surface area contributed by atoms with Gasteiger partial charge in [0.05, 0.1) is 16.3 Å². The summed E-state index contributed by atoms with van der Waals surface area (Å²) in [6, 6.07) is 8.40. The normalized spacial score (nSPS) is 10.1. The molecule has 0 unspecified atom stereocenters. The average Bonchev–Trinajstić information content (AvgIpc) is 2.40. The van der Waals surface area contributed by atoms with Crippen LogP contribution in [0, 0.1) is 0 Å². The van der Waals surface area contributed by atoms with Gasteiger partial charge in [-0.1, -0.05) is 17.7 Å². The summed E-state index contributed by atoms with van der Waals surface area (Å²) in [5, 5.41) is 0.341. The van der Waals surface area contributed by atoms with E-state index in [1.165, 1.54) is 0 Å². The van der Waals surface area contributed by atoms with Crippen molar-refractivity contribution < 1.29 is 9.53 Å². The molecule has 18 heavy (non-hydrogen) atoms. The predicted octanol–water partition coefficient (Wildman–Crippen LogP) is 2.67. The second kappa shape index (κ2) is 5.51. The summed E-state index contributed by atoms with van der Waals surface area (Å²) in [6.07, 6.45) is 3.27.